The van der Waals surface area contributed by atoms with E-state index in [4.69, 9.17) is 10.5 Å². The monoisotopic (exact) mass is 275 g/mol. The highest BCUT2D eigenvalue weighted by molar-refractivity contribution is 9.10. The minimum Gasteiger partial charge on any atom is -0.487 e. The molecule has 0 saturated heterocycles. The lowest BCUT2D eigenvalue weighted by Crippen LogP contribution is -2.12. The molecule has 84 valence electrons. The van der Waals surface area contributed by atoms with Gasteiger partial charge in [-0.3, -0.25) is 0 Å². The average molecular weight is 276 g/mol. The Labute approximate surface area is 97.7 Å². The summed E-state index contributed by atoms with van der Waals surface area (Å²) in [5.74, 6) is 0.159. The van der Waals surface area contributed by atoms with E-state index in [2.05, 4.69) is 22.9 Å². The third-order valence-electron chi connectivity index (χ3n) is 2.05. The van der Waals surface area contributed by atoms with E-state index >= 15 is 0 Å². The van der Waals surface area contributed by atoms with Crippen LogP contribution in [-0.2, 0) is 0 Å². The fraction of sp³-hybridized carbons (Fsp3) is 0.455. The minimum absolute atomic E-state index is 0.0825. The maximum absolute atomic E-state index is 12.9. The third kappa shape index (κ3) is 3.38. The van der Waals surface area contributed by atoms with Gasteiger partial charge in [-0.25, -0.2) is 4.39 Å². The van der Waals surface area contributed by atoms with Crippen LogP contribution in [0.3, 0.4) is 0 Å². The molecule has 0 fully saturated rings. The third-order valence-corrected chi connectivity index (χ3v) is 2.64. The summed E-state index contributed by atoms with van der Waals surface area (Å²) >= 11 is 3.23. The normalized spacial score (nSPS) is 12.5. The van der Waals surface area contributed by atoms with Crippen LogP contribution in [-0.4, -0.2) is 6.10 Å². The molecule has 2 N–H and O–H groups in total. The smallest absolute Gasteiger partial charge is 0.156 e. The first-order chi connectivity index (χ1) is 7.04. The predicted molar refractivity (Wildman–Crippen MR) is 63.5 cm³/mol. The second-order valence-corrected chi connectivity index (χ2v) is 4.38. The van der Waals surface area contributed by atoms with Gasteiger partial charge >= 0.3 is 0 Å². The van der Waals surface area contributed by atoms with Crippen molar-refractivity contribution in [3.05, 3.63) is 22.4 Å². The van der Waals surface area contributed by atoms with Crippen molar-refractivity contribution in [1.82, 2.24) is 0 Å². The molecular formula is C11H15BrFNO. The second-order valence-electron chi connectivity index (χ2n) is 3.52. The number of hydrogen-bond donors (Lipinski definition) is 1. The quantitative estimate of drug-likeness (QED) is 0.850. The van der Waals surface area contributed by atoms with Crippen molar-refractivity contribution >= 4 is 21.6 Å². The van der Waals surface area contributed by atoms with E-state index in [1.807, 2.05) is 6.92 Å². The molecule has 0 amide bonds. The summed E-state index contributed by atoms with van der Waals surface area (Å²) in [5, 5.41) is 0. The first-order valence-corrected chi connectivity index (χ1v) is 5.75. The van der Waals surface area contributed by atoms with Crippen LogP contribution in [0.25, 0.3) is 0 Å². The molecule has 0 bridgehead atoms. The molecule has 1 aromatic rings. The molecule has 2 nitrogen and oxygen atoms in total. The standard InChI is InChI=1S/C11H15BrFNO/c1-3-4-7(2)15-11-9(12)5-8(13)6-10(11)14/h5-7H,3-4,14H2,1-2H3. The van der Waals surface area contributed by atoms with Gasteiger partial charge in [-0.15, -0.1) is 0 Å². The van der Waals surface area contributed by atoms with Gasteiger partial charge in [0.2, 0.25) is 0 Å². The zero-order chi connectivity index (χ0) is 11.4. The molecule has 1 atom stereocenters. The summed E-state index contributed by atoms with van der Waals surface area (Å²) in [5.41, 5.74) is 6.00. The number of ether oxygens (including phenoxy) is 1. The van der Waals surface area contributed by atoms with E-state index < -0.39 is 0 Å². The lowest BCUT2D eigenvalue weighted by Gasteiger charge is -2.16. The van der Waals surface area contributed by atoms with Gasteiger partial charge < -0.3 is 10.5 Å². The lowest BCUT2D eigenvalue weighted by atomic mass is 10.2. The molecule has 0 aliphatic heterocycles. The Kier molecular flexibility index (Phi) is 4.39. The van der Waals surface area contributed by atoms with E-state index in [0.717, 1.165) is 12.8 Å². The van der Waals surface area contributed by atoms with Crippen molar-refractivity contribution in [1.29, 1.82) is 0 Å². The maximum Gasteiger partial charge on any atom is 0.156 e. The Hall–Kier alpha value is -0.770. The Morgan fingerprint density at radius 2 is 2.20 bits per heavy atom. The van der Waals surface area contributed by atoms with Crippen LogP contribution in [0.5, 0.6) is 5.75 Å². The molecule has 0 aliphatic carbocycles. The Bertz CT molecular complexity index is 320. The summed E-state index contributed by atoms with van der Waals surface area (Å²) in [6.07, 6.45) is 2.07. The van der Waals surface area contributed by atoms with E-state index in [-0.39, 0.29) is 11.9 Å². The molecule has 0 aromatic heterocycles. The highest BCUT2D eigenvalue weighted by atomic mass is 79.9. The molecule has 1 unspecified atom stereocenters. The zero-order valence-corrected chi connectivity index (χ0v) is 10.5. The van der Waals surface area contributed by atoms with Gasteiger partial charge in [-0.05, 0) is 35.3 Å². The molecule has 4 heteroatoms. The van der Waals surface area contributed by atoms with Crippen LogP contribution in [0, 0.1) is 5.82 Å². The van der Waals surface area contributed by atoms with E-state index in [9.17, 15) is 4.39 Å². The summed E-state index contributed by atoms with van der Waals surface area (Å²) in [6, 6.07) is 2.61. The number of nitrogen functional groups attached to an aromatic ring is 1. The zero-order valence-electron chi connectivity index (χ0n) is 8.89. The second kappa shape index (κ2) is 5.35. The summed E-state index contributed by atoms with van der Waals surface area (Å²) < 4.78 is 19.1. The Morgan fingerprint density at radius 3 is 2.73 bits per heavy atom. The molecule has 1 aromatic carbocycles. The highest BCUT2D eigenvalue weighted by Crippen LogP contribution is 2.33. The minimum atomic E-state index is -0.366. The van der Waals surface area contributed by atoms with Crippen molar-refractivity contribution in [3.8, 4) is 5.75 Å². The number of benzene rings is 1. The van der Waals surface area contributed by atoms with E-state index in [0.29, 0.717) is 15.9 Å². The van der Waals surface area contributed by atoms with Crippen LogP contribution < -0.4 is 10.5 Å². The number of hydrogen-bond acceptors (Lipinski definition) is 2. The van der Waals surface area contributed by atoms with Gasteiger partial charge in [-0.1, -0.05) is 13.3 Å². The maximum atomic E-state index is 12.9. The van der Waals surface area contributed by atoms with Gasteiger partial charge in [0.15, 0.2) is 5.75 Å². The Balaban J connectivity index is 2.85. The van der Waals surface area contributed by atoms with Crippen LogP contribution in [0.4, 0.5) is 10.1 Å². The lowest BCUT2D eigenvalue weighted by molar-refractivity contribution is 0.209. The first-order valence-electron chi connectivity index (χ1n) is 4.95. The van der Waals surface area contributed by atoms with Gasteiger partial charge in [0, 0.05) is 6.07 Å². The highest BCUT2D eigenvalue weighted by Gasteiger charge is 2.11. The molecular weight excluding hydrogens is 261 g/mol. The average Bonchev–Trinajstić information content (AvgIpc) is 2.11. The molecule has 0 radical (unpaired) electrons. The molecule has 1 rings (SSSR count). The molecule has 0 spiro atoms. The van der Waals surface area contributed by atoms with Gasteiger partial charge in [0.25, 0.3) is 0 Å². The van der Waals surface area contributed by atoms with Crippen LogP contribution in [0.1, 0.15) is 26.7 Å². The Morgan fingerprint density at radius 1 is 1.53 bits per heavy atom. The first kappa shape index (κ1) is 12.3. The van der Waals surface area contributed by atoms with Crippen molar-refractivity contribution in [3.63, 3.8) is 0 Å². The number of rotatable bonds is 4. The SMILES string of the molecule is CCCC(C)Oc1c(N)cc(F)cc1Br. The summed E-state index contributed by atoms with van der Waals surface area (Å²) in [4.78, 5) is 0. The predicted octanol–water partition coefficient (Wildman–Crippen LogP) is 3.74. The van der Waals surface area contributed by atoms with E-state index in [1.165, 1.54) is 12.1 Å². The number of halogens is 2. The van der Waals surface area contributed by atoms with Crippen molar-refractivity contribution in [2.75, 3.05) is 5.73 Å². The molecule has 0 saturated carbocycles. The topological polar surface area (TPSA) is 35.2 Å². The van der Waals surface area contributed by atoms with Crippen molar-refractivity contribution < 1.29 is 9.13 Å². The molecule has 0 aliphatic rings. The summed E-state index contributed by atoms with van der Waals surface area (Å²) in [7, 11) is 0. The van der Waals surface area contributed by atoms with Gasteiger partial charge in [0.1, 0.15) is 5.82 Å². The fourth-order valence-corrected chi connectivity index (χ4v) is 1.91. The molecule has 0 heterocycles. The van der Waals surface area contributed by atoms with Crippen LogP contribution in [0.2, 0.25) is 0 Å². The van der Waals surface area contributed by atoms with Gasteiger partial charge in [0.05, 0.1) is 16.3 Å². The molecule has 15 heavy (non-hydrogen) atoms. The van der Waals surface area contributed by atoms with Crippen molar-refractivity contribution in [2.45, 2.75) is 32.8 Å². The van der Waals surface area contributed by atoms with Crippen LogP contribution in [0.15, 0.2) is 16.6 Å². The van der Waals surface area contributed by atoms with Gasteiger partial charge in [-0.2, -0.15) is 0 Å². The number of nitrogens with two attached hydrogens (primary N) is 1. The largest absolute Gasteiger partial charge is 0.487 e. The fourth-order valence-electron chi connectivity index (χ4n) is 1.37. The van der Waals surface area contributed by atoms with E-state index in [1.54, 1.807) is 0 Å². The van der Waals surface area contributed by atoms with Crippen LogP contribution >= 0.6 is 15.9 Å². The van der Waals surface area contributed by atoms with Crippen molar-refractivity contribution in [2.24, 2.45) is 0 Å². The number of anilines is 1. The summed E-state index contributed by atoms with van der Waals surface area (Å²) in [6.45, 7) is 4.06.